The molecule has 2 heterocycles. The molecule has 11 nitrogen and oxygen atoms in total. The Morgan fingerprint density at radius 1 is 0.870 bits per heavy atom. The molecule has 0 bridgehead atoms. The van der Waals surface area contributed by atoms with Crippen LogP contribution in [0.2, 0.25) is 0 Å². The normalized spacial score (nSPS) is 52.6. The average molecular weight is 342 g/mol. The summed E-state index contributed by atoms with van der Waals surface area (Å²) in [7, 11) is 0. The second kappa shape index (κ2) is 6.82. The van der Waals surface area contributed by atoms with Crippen LogP contribution in [0.25, 0.3) is 0 Å². The van der Waals surface area contributed by atoms with E-state index in [0.29, 0.717) is 0 Å². The van der Waals surface area contributed by atoms with E-state index < -0.39 is 73.9 Å². The summed E-state index contributed by atoms with van der Waals surface area (Å²) in [5, 5.41) is 87.3. The SMILES string of the molecule is OC[C@H]1O[C@@](CO)(C(O)[C@H]2OC(O)[C@H](O)[C@@H](O)[C@@H]2O)[C@@H](O)[C@@H]1O. The van der Waals surface area contributed by atoms with Gasteiger partial charge < -0.3 is 55.4 Å². The third-order valence-corrected chi connectivity index (χ3v) is 4.44. The molecule has 23 heavy (non-hydrogen) atoms. The van der Waals surface area contributed by atoms with Crippen molar-refractivity contribution < 1.29 is 55.4 Å². The van der Waals surface area contributed by atoms with Crippen molar-refractivity contribution in [1.29, 1.82) is 0 Å². The number of hydrogen-bond acceptors (Lipinski definition) is 11. The van der Waals surface area contributed by atoms with Gasteiger partial charge in [-0.3, -0.25) is 0 Å². The molecule has 2 aliphatic rings. The summed E-state index contributed by atoms with van der Waals surface area (Å²) in [6.45, 7) is -1.74. The predicted octanol–water partition coefficient (Wildman–Crippen LogP) is -6.01. The quantitative estimate of drug-likeness (QED) is 0.235. The molecular weight excluding hydrogens is 320 g/mol. The molecule has 10 atom stereocenters. The number of aliphatic hydroxyl groups excluding tert-OH is 9. The zero-order valence-corrected chi connectivity index (χ0v) is 12.0. The molecule has 11 heteroatoms. The lowest BCUT2D eigenvalue weighted by Gasteiger charge is -2.45. The summed E-state index contributed by atoms with van der Waals surface area (Å²) in [5.74, 6) is 0. The van der Waals surface area contributed by atoms with Crippen LogP contribution < -0.4 is 0 Å². The Bertz CT molecular complexity index is 408. The maximum absolute atomic E-state index is 10.4. The lowest BCUT2D eigenvalue weighted by Crippen LogP contribution is -2.67. The van der Waals surface area contributed by atoms with E-state index in [1.807, 2.05) is 0 Å². The predicted molar refractivity (Wildman–Crippen MR) is 68.7 cm³/mol. The van der Waals surface area contributed by atoms with Gasteiger partial charge in [0.1, 0.15) is 54.4 Å². The number of rotatable bonds is 4. The minimum absolute atomic E-state index is 0.718. The van der Waals surface area contributed by atoms with Crippen LogP contribution in [-0.4, -0.2) is 120 Å². The van der Waals surface area contributed by atoms with E-state index >= 15 is 0 Å². The first-order valence-electron chi connectivity index (χ1n) is 7.02. The summed E-state index contributed by atoms with van der Waals surface area (Å²) >= 11 is 0. The molecule has 0 aromatic rings. The molecule has 0 saturated carbocycles. The first-order valence-corrected chi connectivity index (χ1v) is 7.02. The largest absolute Gasteiger partial charge is 0.394 e. The minimum Gasteiger partial charge on any atom is -0.394 e. The van der Waals surface area contributed by atoms with Gasteiger partial charge in [-0.05, 0) is 0 Å². The summed E-state index contributed by atoms with van der Waals surface area (Å²) in [6, 6.07) is 0. The van der Waals surface area contributed by atoms with Crippen molar-refractivity contribution in [3.8, 4) is 0 Å². The van der Waals surface area contributed by atoms with Gasteiger partial charge in [0.05, 0.1) is 13.2 Å². The van der Waals surface area contributed by atoms with Gasteiger partial charge in [-0.2, -0.15) is 0 Å². The molecule has 0 amide bonds. The average Bonchev–Trinajstić information content (AvgIpc) is 2.80. The van der Waals surface area contributed by atoms with Gasteiger partial charge >= 0.3 is 0 Å². The van der Waals surface area contributed by atoms with Gasteiger partial charge in [-0.25, -0.2) is 0 Å². The molecular formula is C12H22O11. The van der Waals surface area contributed by atoms with Gasteiger partial charge in [-0.1, -0.05) is 0 Å². The molecule has 2 aliphatic heterocycles. The second-order valence-electron chi connectivity index (χ2n) is 5.80. The van der Waals surface area contributed by atoms with Crippen molar-refractivity contribution >= 4 is 0 Å². The standard InChI is InChI=1S/C12H22O11/c13-1-3-4(15)9(19)12(2-14,23-3)10(20)8-6(17)5(16)7(18)11(21)22-8/h3-11,13-21H,1-2H2/t3-,4-,5+,6+,7-,8+,9+,10?,11?,12-/m1/s1. The molecule has 0 aromatic carbocycles. The zero-order chi connectivity index (χ0) is 17.5. The Morgan fingerprint density at radius 3 is 1.96 bits per heavy atom. The number of ether oxygens (including phenoxy) is 2. The lowest BCUT2D eigenvalue weighted by atomic mass is 9.82. The maximum Gasteiger partial charge on any atom is 0.184 e. The fourth-order valence-corrected chi connectivity index (χ4v) is 2.95. The highest BCUT2D eigenvalue weighted by Gasteiger charge is 2.62. The third kappa shape index (κ3) is 2.88. The molecule has 0 spiro atoms. The molecule has 0 aromatic heterocycles. The van der Waals surface area contributed by atoms with Crippen LogP contribution >= 0.6 is 0 Å². The molecule has 0 aliphatic carbocycles. The maximum atomic E-state index is 10.4. The Morgan fingerprint density at radius 2 is 1.48 bits per heavy atom. The Kier molecular flexibility index (Phi) is 5.60. The van der Waals surface area contributed by atoms with Crippen LogP contribution in [0.5, 0.6) is 0 Å². The molecule has 2 rings (SSSR count). The van der Waals surface area contributed by atoms with Crippen molar-refractivity contribution in [2.75, 3.05) is 13.2 Å². The molecule has 2 fully saturated rings. The van der Waals surface area contributed by atoms with Gasteiger partial charge in [0, 0.05) is 0 Å². The zero-order valence-electron chi connectivity index (χ0n) is 12.0. The highest BCUT2D eigenvalue weighted by atomic mass is 16.6. The molecule has 0 radical (unpaired) electrons. The first-order chi connectivity index (χ1) is 10.7. The van der Waals surface area contributed by atoms with Crippen LogP contribution in [0.3, 0.4) is 0 Å². The first kappa shape index (κ1) is 18.9. The van der Waals surface area contributed by atoms with E-state index in [-0.39, 0.29) is 0 Å². The van der Waals surface area contributed by atoms with Gasteiger partial charge in [0.25, 0.3) is 0 Å². The van der Waals surface area contributed by atoms with E-state index in [1.54, 1.807) is 0 Å². The Hall–Kier alpha value is -0.440. The van der Waals surface area contributed by atoms with E-state index in [0.717, 1.165) is 0 Å². The second-order valence-corrected chi connectivity index (χ2v) is 5.80. The van der Waals surface area contributed by atoms with E-state index in [2.05, 4.69) is 0 Å². The smallest absolute Gasteiger partial charge is 0.184 e. The van der Waals surface area contributed by atoms with Gasteiger partial charge in [0.15, 0.2) is 6.29 Å². The summed E-state index contributed by atoms with van der Waals surface area (Å²) in [4.78, 5) is 0. The topological polar surface area (TPSA) is 201 Å². The van der Waals surface area contributed by atoms with Crippen LogP contribution in [0.1, 0.15) is 0 Å². The summed E-state index contributed by atoms with van der Waals surface area (Å²) < 4.78 is 10.00. The molecule has 136 valence electrons. The third-order valence-electron chi connectivity index (χ3n) is 4.44. The van der Waals surface area contributed by atoms with Crippen LogP contribution in [0.4, 0.5) is 0 Å². The van der Waals surface area contributed by atoms with Gasteiger partial charge in [0.2, 0.25) is 0 Å². The molecule has 9 N–H and O–H groups in total. The summed E-state index contributed by atoms with van der Waals surface area (Å²) in [5.41, 5.74) is -2.24. The van der Waals surface area contributed by atoms with Crippen LogP contribution in [-0.2, 0) is 9.47 Å². The van der Waals surface area contributed by atoms with E-state index in [9.17, 15) is 40.9 Å². The molecule has 2 unspecified atom stereocenters. The van der Waals surface area contributed by atoms with Crippen molar-refractivity contribution in [2.45, 2.75) is 60.7 Å². The lowest BCUT2D eigenvalue weighted by molar-refractivity contribution is -0.317. The van der Waals surface area contributed by atoms with E-state index in [4.69, 9.17) is 14.6 Å². The number of aliphatic hydroxyl groups is 9. The minimum atomic E-state index is -2.24. The van der Waals surface area contributed by atoms with Crippen molar-refractivity contribution in [1.82, 2.24) is 0 Å². The molecule has 2 saturated heterocycles. The van der Waals surface area contributed by atoms with Crippen molar-refractivity contribution in [3.05, 3.63) is 0 Å². The van der Waals surface area contributed by atoms with Crippen molar-refractivity contribution in [3.63, 3.8) is 0 Å². The van der Waals surface area contributed by atoms with Crippen molar-refractivity contribution in [2.24, 2.45) is 0 Å². The number of hydrogen-bond donors (Lipinski definition) is 9. The Balaban J connectivity index is 2.28. The van der Waals surface area contributed by atoms with Gasteiger partial charge in [-0.15, -0.1) is 0 Å². The van der Waals surface area contributed by atoms with E-state index in [1.165, 1.54) is 0 Å². The van der Waals surface area contributed by atoms with Crippen LogP contribution in [0, 0.1) is 0 Å². The Labute approximate surface area is 130 Å². The fraction of sp³-hybridized carbons (Fsp3) is 1.00. The summed E-state index contributed by atoms with van der Waals surface area (Å²) in [6.07, 6.45) is -16.1. The highest BCUT2D eigenvalue weighted by molar-refractivity contribution is 5.10. The fourth-order valence-electron chi connectivity index (χ4n) is 2.95. The monoisotopic (exact) mass is 342 g/mol. The van der Waals surface area contributed by atoms with Crippen LogP contribution in [0.15, 0.2) is 0 Å². The highest BCUT2D eigenvalue weighted by Crippen LogP contribution is 2.38.